The van der Waals surface area contributed by atoms with Crippen molar-refractivity contribution < 1.29 is 73.7 Å². The zero-order valence-electron chi connectivity index (χ0n) is 34.0. The highest BCUT2D eigenvalue weighted by Gasteiger charge is 2.38. The molecule has 0 bridgehead atoms. The fourth-order valence-corrected chi connectivity index (χ4v) is 12.0. The molecule has 0 atom stereocenters. The lowest BCUT2D eigenvalue weighted by Gasteiger charge is -2.23. The lowest BCUT2D eigenvalue weighted by molar-refractivity contribution is 0.0398. The van der Waals surface area contributed by atoms with Crippen molar-refractivity contribution in [3.8, 4) is 0 Å². The van der Waals surface area contributed by atoms with Crippen LogP contribution in [0.4, 0.5) is 0 Å². The third kappa shape index (κ3) is 6.31. The molecule has 0 aliphatic carbocycles. The van der Waals surface area contributed by atoms with E-state index in [-0.39, 0.29) is 75.4 Å². The van der Waals surface area contributed by atoms with E-state index in [1.54, 1.807) is 0 Å². The Hall–Kier alpha value is -6.92. The lowest BCUT2D eigenvalue weighted by atomic mass is 9.84. The Kier molecular flexibility index (Phi) is 11.0. The second-order valence-corrected chi connectivity index (χ2v) is 18.7. The van der Waals surface area contributed by atoms with E-state index < -0.39 is 143 Å². The fraction of sp³-hybridized carbons (Fsp3) is 0. The number of halogens is 8. The van der Waals surface area contributed by atoms with Crippen LogP contribution >= 0.6 is 92.8 Å². The summed E-state index contributed by atoms with van der Waals surface area (Å²) in [5, 5.41) is 54.0. The normalized spacial score (nSPS) is 11.9. The lowest BCUT2D eigenvalue weighted by Crippen LogP contribution is -2.17. The molecule has 23 heteroatoms. The maximum Gasteiger partial charge on any atom is 0.348 e. The monoisotopic (exact) mass is 1110 g/mol. The van der Waals surface area contributed by atoms with Gasteiger partial charge in [0, 0.05) is 53.9 Å². The van der Waals surface area contributed by atoms with Crippen molar-refractivity contribution >= 4 is 227 Å². The molecule has 10 aromatic rings. The molecule has 10 rings (SSSR count). The highest BCUT2D eigenvalue weighted by atomic mass is 35.5. The van der Waals surface area contributed by atoms with E-state index in [4.69, 9.17) is 97.5 Å². The van der Waals surface area contributed by atoms with Crippen molar-refractivity contribution in [2.24, 2.45) is 0 Å². The molecule has 0 unspecified atom stereocenters. The van der Waals surface area contributed by atoms with Gasteiger partial charge in [0.05, 0.1) is 84.7 Å². The number of carbonyl (C=O) groups excluding carboxylic acids is 2. The van der Waals surface area contributed by atoms with E-state index in [0.29, 0.717) is 0 Å². The van der Waals surface area contributed by atoms with Crippen molar-refractivity contribution in [1.29, 1.82) is 0 Å². The van der Waals surface area contributed by atoms with Gasteiger partial charge < -0.3 is 35.4 Å². The van der Waals surface area contributed by atoms with Crippen LogP contribution in [0.2, 0.25) is 40.2 Å². The van der Waals surface area contributed by atoms with Gasteiger partial charge in [-0.2, -0.15) is 0 Å². The molecule has 10 aromatic carbocycles. The molecule has 0 aromatic heterocycles. The number of esters is 2. The molecule has 352 valence electrons. The van der Waals surface area contributed by atoms with Gasteiger partial charge in [-0.15, -0.1) is 0 Å². The van der Waals surface area contributed by atoms with E-state index in [0.717, 1.165) is 24.3 Å². The number of hydrogen-bond acceptors (Lipinski definition) is 9. The SMILES string of the molecule is O=C(O)c1ccc2c3c(Cl)c(Cl)c(C(=O)O)c4c(C(=O)OC(=O)c5c(Cl)c(Cl)c6c7ccc(C(=O)O)c8c(C(=O)O)ccc(c9c(Cl)c(Cl)c(C(=O)O)c5c96)c87)c(Cl)c(Cl)c(c5ccc(C(=O)O)c1c25)c43. The third-order valence-electron chi connectivity index (χ3n) is 12.4. The van der Waals surface area contributed by atoms with Gasteiger partial charge in [0.1, 0.15) is 0 Å². The van der Waals surface area contributed by atoms with Gasteiger partial charge in [-0.1, -0.05) is 117 Å². The number of aromatic carboxylic acids is 6. The van der Waals surface area contributed by atoms with Gasteiger partial charge in [0.2, 0.25) is 0 Å². The summed E-state index contributed by atoms with van der Waals surface area (Å²) in [6, 6.07) is 9.31. The van der Waals surface area contributed by atoms with Crippen LogP contribution in [0.5, 0.6) is 0 Å². The summed E-state index contributed by atoms with van der Waals surface area (Å²) in [6.07, 6.45) is 0. The quantitative estimate of drug-likeness (QED) is 0.0357. The summed E-state index contributed by atoms with van der Waals surface area (Å²) < 4.78 is 5.44. The Labute approximate surface area is 430 Å². The molecule has 0 aliphatic heterocycles. The third-order valence-corrected chi connectivity index (χ3v) is 15.8. The first-order valence-corrected chi connectivity index (χ1v) is 22.6. The minimum atomic E-state index is -1.80. The summed E-state index contributed by atoms with van der Waals surface area (Å²) in [4.78, 5) is 106. The highest BCUT2D eigenvalue weighted by molar-refractivity contribution is 6.59. The van der Waals surface area contributed by atoms with Gasteiger partial charge in [0.25, 0.3) is 0 Å². The number of rotatable bonds is 8. The Balaban J connectivity index is 1.30. The Bertz CT molecular complexity index is 3940. The Morgan fingerprint density at radius 3 is 0.732 bits per heavy atom. The number of fused-ring (bicyclic) bond motifs is 4. The molecule has 0 amide bonds. The molecule has 0 radical (unpaired) electrons. The van der Waals surface area contributed by atoms with Crippen LogP contribution in [0.25, 0.3) is 86.2 Å². The summed E-state index contributed by atoms with van der Waals surface area (Å²) in [5.41, 5.74) is -5.41. The molecular formula is C48H14Cl8O15. The number of ether oxygens (including phenoxy) is 1. The van der Waals surface area contributed by atoms with E-state index in [1.165, 1.54) is 24.3 Å². The second kappa shape index (κ2) is 16.3. The van der Waals surface area contributed by atoms with E-state index >= 15 is 0 Å². The number of benzene rings is 10. The van der Waals surface area contributed by atoms with Crippen LogP contribution in [-0.4, -0.2) is 78.4 Å². The van der Waals surface area contributed by atoms with Gasteiger partial charge in [-0.25, -0.2) is 38.4 Å². The second-order valence-electron chi connectivity index (χ2n) is 15.7. The molecule has 6 N–H and O–H groups in total. The van der Waals surface area contributed by atoms with Gasteiger partial charge in [-0.3, -0.25) is 0 Å². The topological polar surface area (TPSA) is 267 Å². The summed E-state index contributed by atoms with van der Waals surface area (Å²) >= 11 is 54.8. The van der Waals surface area contributed by atoms with Crippen LogP contribution in [0.1, 0.15) is 82.9 Å². The largest absolute Gasteiger partial charge is 0.478 e. The zero-order valence-corrected chi connectivity index (χ0v) is 40.0. The highest BCUT2D eigenvalue weighted by Crippen LogP contribution is 2.55. The molecule has 15 nitrogen and oxygen atoms in total. The predicted molar refractivity (Wildman–Crippen MR) is 267 cm³/mol. The molecule has 0 spiro atoms. The van der Waals surface area contributed by atoms with Crippen molar-refractivity contribution in [2.45, 2.75) is 0 Å². The standard InChI is InChI=1S/C48H14Cl8O15/c49-33-21-9-1-5-13(41(57)58)19-15(43(61)62)7-3-11(17(9)19)23-25(21)27(29(37(33)53)45(65)66)31(39(55)35(23)51)47(69)71-48(70)32-28-26-22(34(50)38(54)30(28)46(67)68)10-2-6-14(42(59)60)20-16(44(63)64)8-4-12(18(10)20)24(26)36(52)40(32)56/h1-8H,(H,57,58)(H,59,60)(H,61,62)(H,63,64)(H,65,66)(H,67,68). The summed E-state index contributed by atoms with van der Waals surface area (Å²) in [7, 11) is 0. The van der Waals surface area contributed by atoms with Crippen molar-refractivity contribution in [3.63, 3.8) is 0 Å². The average Bonchev–Trinajstić information content (AvgIpc) is 3.30. The van der Waals surface area contributed by atoms with Crippen molar-refractivity contribution in [1.82, 2.24) is 0 Å². The molecule has 0 fully saturated rings. The maximum absolute atomic E-state index is 14.8. The number of carbonyl (C=O) groups is 8. The Morgan fingerprint density at radius 2 is 0.507 bits per heavy atom. The van der Waals surface area contributed by atoms with Crippen LogP contribution in [0.3, 0.4) is 0 Å². The first kappa shape index (κ1) is 47.7. The van der Waals surface area contributed by atoms with E-state index in [9.17, 15) is 69.0 Å². The summed E-state index contributed by atoms with van der Waals surface area (Å²) in [5.74, 6) is -13.2. The van der Waals surface area contributed by atoms with Crippen LogP contribution in [0, 0.1) is 0 Å². The van der Waals surface area contributed by atoms with Crippen molar-refractivity contribution in [3.05, 3.63) is 133 Å². The van der Waals surface area contributed by atoms with Crippen LogP contribution in [0.15, 0.2) is 48.5 Å². The summed E-state index contributed by atoms with van der Waals surface area (Å²) in [6.45, 7) is 0. The predicted octanol–water partition coefficient (Wildman–Crippen LogP) is 14.2. The molecule has 71 heavy (non-hydrogen) atoms. The smallest absolute Gasteiger partial charge is 0.348 e. The minimum Gasteiger partial charge on any atom is -0.478 e. The molecule has 0 aliphatic rings. The first-order valence-electron chi connectivity index (χ1n) is 19.5. The maximum atomic E-state index is 14.8. The average molecular weight is 1110 g/mol. The van der Waals surface area contributed by atoms with Crippen LogP contribution in [-0.2, 0) is 4.74 Å². The zero-order chi connectivity index (χ0) is 51.5. The van der Waals surface area contributed by atoms with E-state index in [2.05, 4.69) is 0 Å². The van der Waals surface area contributed by atoms with Gasteiger partial charge >= 0.3 is 47.8 Å². The first-order chi connectivity index (χ1) is 33.5. The number of carboxylic acid groups (broad SMARTS) is 6. The van der Waals surface area contributed by atoms with E-state index in [1.807, 2.05) is 0 Å². The minimum absolute atomic E-state index is 0.0100. The Morgan fingerprint density at radius 1 is 0.268 bits per heavy atom. The molecule has 0 heterocycles. The number of hydrogen-bond donors (Lipinski definition) is 6. The van der Waals surface area contributed by atoms with Gasteiger partial charge in [-0.05, 0) is 56.6 Å². The molecule has 0 saturated carbocycles. The van der Waals surface area contributed by atoms with Gasteiger partial charge in [0.15, 0.2) is 0 Å². The molecular weight excluding hydrogens is 1100 g/mol. The fourth-order valence-electron chi connectivity index (χ4n) is 9.78. The molecule has 0 saturated heterocycles. The van der Waals surface area contributed by atoms with Crippen LogP contribution < -0.4 is 0 Å². The number of carboxylic acids is 6. The van der Waals surface area contributed by atoms with Crippen molar-refractivity contribution in [2.75, 3.05) is 0 Å².